The van der Waals surface area contributed by atoms with E-state index < -0.39 is 0 Å². The molecule has 0 atom stereocenters. The van der Waals surface area contributed by atoms with Crippen LogP contribution in [0.5, 0.6) is 0 Å². The van der Waals surface area contributed by atoms with Gasteiger partial charge in [0.2, 0.25) is 0 Å². The molecule has 8 heteroatoms. The maximum atomic E-state index is 11.8. The first-order valence-electron chi connectivity index (χ1n) is 10.3. The highest BCUT2D eigenvalue weighted by atomic mass is 35.5. The highest BCUT2D eigenvalue weighted by Crippen LogP contribution is 2.22. The molecular weight excluding hydrogens is 390 g/mol. The number of ether oxygens (including phenoxy) is 1. The first-order valence-corrected chi connectivity index (χ1v) is 10.7. The van der Waals surface area contributed by atoms with Gasteiger partial charge in [0.25, 0.3) is 0 Å². The van der Waals surface area contributed by atoms with E-state index in [9.17, 15) is 4.79 Å². The van der Waals surface area contributed by atoms with Gasteiger partial charge in [-0.3, -0.25) is 4.99 Å². The summed E-state index contributed by atoms with van der Waals surface area (Å²) in [5, 5.41) is 8.71. The summed E-state index contributed by atoms with van der Waals surface area (Å²) in [5.74, 6) is 0.819. The van der Waals surface area contributed by atoms with Crippen molar-refractivity contribution in [2.75, 3.05) is 32.8 Å². The number of nitrogens with zero attached hydrogens (tertiary/aromatic N) is 2. The molecule has 29 heavy (non-hydrogen) atoms. The lowest BCUT2D eigenvalue weighted by molar-refractivity contribution is 0.0963. The molecule has 0 radical (unpaired) electrons. The molecule has 158 valence electrons. The Bertz CT molecular complexity index is 843. The van der Waals surface area contributed by atoms with Crippen molar-refractivity contribution in [3.63, 3.8) is 0 Å². The third-order valence-corrected chi connectivity index (χ3v) is 5.32. The third-order valence-electron chi connectivity index (χ3n) is 5.09. The summed E-state index contributed by atoms with van der Waals surface area (Å²) in [6.45, 7) is 7.18. The number of H-pyrrole nitrogens is 1. The Kier molecular flexibility index (Phi) is 7.63. The summed E-state index contributed by atoms with van der Waals surface area (Å²) in [5.41, 5.74) is 2.30. The van der Waals surface area contributed by atoms with Gasteiger partial charge in [-0.05, 0) is 56.9 Å². The Balaban J connectivity index is 1.53. The number of guanidine groups is 1. The first kappa shape index (κ1) is 21.3. The number of aliphatic imine (C=N–C) groups is 1. The molecule has 1 aliphatic heterocycles. The highest BCUT2D eigenvalue weighted by molar-refractivity contribution is 6.31. The predicted molar refractivity (Wildman–Crippen MR) is 118 cm³/mol. The predicted octanol–water partition coefficient (Wildman–Crippen LogP) is 3.54. The number of amides is 1. The zero-order valence-corrected chi connectivity index (χ0v) is 17.9. The number of fused-ring (bicyclic) bond motifs is 1. The number of carbonyl (C=O) groups excluding carboxylic acids is 1. The normalized spacial score (nSPS) is 15.6. The second kappa shape index (κ2) is 10.4. The van der Waals surface area contributed by atoms with E-state index in [1.54, 1.807) is 4.90 Å². The summed E-state index contributed by atoms with van der Waals surface area (Å²) in [7, 11) is 0. The average molecular weight is 420 g/mol. The van der Waals surface area contributed by atoms with Crippen LogP contribution in [-0.2, 0) is 11.2 Å². The van der Waals surface area contributed by atoms with Gasteiger partial charge in [0.15, 0.2) is 5.96 Å². The number of rotatable bonds is 6. The monoisotopic (exact) mass is 419 g/mol. The summed E-state index contributed by atoms with van der Waals surface area (Å²) < 4.78 is 5.08. The standard InChI is InChI=1S/C21H30ClN5O2/c1-3-23-20(26-17-8-11-27(12-9-17)21(28)29-4-2)24-10-7-15-14-25-19-6-5-16(22)13-18(15)19/h5-6,13-14,17,25H,3-4,7-12H2,1-2H3,(H2,23,24,26). The van der Waals surface area contributed by atoms with Gasteiger partial charge in [0.1, 0.15) is 0 Å². The van der Waals surface area contributed by atoms with Crippen molar-refractivity contribution in [2.45, 2.75) is 39.2 Å². The zero-order chi connectivity index (χ0) is 20.6. The summed E-state index contributed by atoms with van der Waals surface area (Å²) in [6.07, 6.45) is 4.40. The van der Waals surface area contributed by atoms with Gasteiger partial charge in [-0.1, -0.05) is 11.6 Å². The van der Waals surface area contributed by atoms with Crippen LogP contribution in [0.3, 0.4) is 0 Å². The molecule has 3 rings (SSSR count). The first-order chi connectivity index (χ1) is 14.1. The van der Waals surface area contributed by atoms with Crippen LogP contribution >= 0.6 is 11.6 Å². The van der Waals surface area contributed by atoms with Crippen LogP contribution in [0.2, 0.25) is 5.02 Å². The van der Waals surface area contributed by atoms with E-state index >= 15 is 0 Å². The van der Waals surface area contributed by atoms with Crippen molar-refractivity contribution in [3.05, 3.63) is 35.0 Å². The number of piperidine rings is 1. The lowest BCUT2D eigenvalue weighted by atomic mass is 10.1. The molecule has 1 aliphatic rings. The van der Waals surface area contributed by atoms with Crippen molar-refractivity contribution in [3.8, 4) is 0 Å². The van der Waals surface area contributed by atoms with Crippen LogP contribution in [0.4, 0.5) is 4.79 Å². The molecule has 7 nitrogen and oxygen atoms in total. The Labute approximate surface area is 176 Å². The number of likely N-dealkylation sites (tertiary alicyclic amines) is 1. The number of nitrogens with one attached hydrogen (secondary N) is 3. The van der Waals surface area contributed by atoms with E-state index in [0.717, 1.165) is 47.7 Å². The van der Waals surface area contributed by atoms with Crippen molar-refractivity contribution in [1.29, 1.82) is 0 Å². The minimum Gasteiger partial charge on any atom is -0.450 e. The van der Waals surface area contributed by atoms with Crippen LogP contribution in [0.1, 0.15) is 32.3 Å². The van der Waals surface area contributed by atoms with Crippen molar-refractivity contribution in [2.24, 2.45) is 4.99 Å². The summed E-state index contributed by atoms with van der Waals surface area (Å²) in [6, 6.07) is 6.18. The van der Waals surface area contributed by atoms with Crippen LogP contribution < -0.4 is 10.6 Å². The second-order valence-electron chi connectivity index (χ2n) is 7.12. The van der Waals surface area contributed by atoms with E-state index in [1.165, 1.54) is 5.56 Å². The van der Waals surface area contributed by atoms with Crippen LogP contribution in [0.25, 0.3) is 10.9 Å². The van der Waals surface area contributed by atoms with Gasteiger partial charge in [-0.15, -0.1) is 0 Å². The minimum absolute atomic E-state index is 0.217. The van der Waals surface area contributed by atoms with Gasteiger partial charge in [0, 0.05) is 54.3 Å². The SMILES string of the molecule is CCNC(=NCCc1c[nH]c2ccc(Cl)cc12)NC1CCN(C(=O)OCC)CC1. The van der Waals surface area contributed by atoms with Crippen LogP contribution in [0, 0.1) is 0 Å². The smallest absolute Gasteiger partial charge is 0.409 e. The Morgan fingerprint density at radius 2 is 2.14 bits per heavy atom. The van der Waals surface area contributed by atoms with E-state index in [1.807, 2.05) is 31.3 Å². The van der Waals surface area contributed by atoms with E-state index in [0.29, 0.717) is 32.3 Å². The molecule has 0 saturated carbocycles. The van der Waals surface area contributed by atoms with Gasteiger partial charge in [-0.25, -0.2) is 4.79 Å². The molecule has 0 spiro atoms. The average Bonchev–Trinajstić information content (AvgIpc) is 3.11. The van der Waals surface area contributed by atoms with Gasteiger partial charge >= 0.3 is 6.09 Å². The minimum atomic E-state index is -0.217. The van der Waals surface area contributed by atoms with Crippen LogP contribution in [0.15, 0.2) is 29.4 Å². The molecule has 2 aromatic rings. The topological polar surface area (TPSA) is 81.8 Å². The molecule has 1 amide bonds. The molecule has 0 bridgehead atoms. The fraction of sp³-hybridized carbons (Fsp3) is 0.524. The number of carbonyl (C=O) groups is 1. The molecular formula is C21H30ClN5O2. The maximum absolute atomic E-state index is 11.8. The van der Waals surface area contributed by atoms with Crippen molar-refractivity contribution >= 4 is 34.6 Å². The number of aromatic amines is 1. The molecule has 1 fully saturated rings. The van der Waals surface area contributed by atoms with Gasteiger partial charge in [0.05, 0.1) is 6.61 Å². The fourth-order valence-electron chi connectivity index (χ4n) is 3.58. The molecule has 3 N–H and O–H groups in total. The summed E-state index contributed by atoms with van der Waals surface area (Å²) >= 11 is 6.14. The number of halogens is 1. The van der Waals surface area contributed by atoms with Crippen molar-refractivity contribution in [1.82, 2.24) is 20.5 Å². The lowest BCUT2D eigenvalue weighted by Crippen LogP contribution is -2.50. The Morgan fingerprint density at radius 1 is 1.34 bits per heavy atom. The molecule has 0 unspecified atom stereocenters. The van der Waals surface area contributed by atoms with Gasteiger partial charge in [-0.2, -0.15) is 0 Å². The second-order valence-corrected chi connectivity index (χ2v) is 7.56. The van der Waals surface area contributed by atoms with E-state index in [2.05, 4.69) is 22.5 Å². The molecule has 0 aliphatic carbocycles. The fourth-order valence-corrected chi connectivity index (χ4v) is 3.75. The van der Waals surface area contributed by atoms with Crippen molar-refractivity contribution < 1.29 is 9.53 Å². The zero-order valence-electron chi connectivity index (χ0n) is 17.1. The Hall–Kier alpha value is -2.41. The number of hydrogen-bond donors (Lipinski definition) is 3. The van der Waals surface area contributed by atoms with E-state index in [-0.39, 0.29) is 6.09 Å². The molecule has 1 saturated heterocycles. The Morgan fingerprint density at radius 3 is 2.86 bits per heavy atom. The summed E-state index contributed by atoms with van der Waals surface area (Å²) in [4.78, 5) is 21.6. The molecule has 1 aromatic heterocycles. The third kappa shape index (κ3) is 5.79. The quantitative estimate of drug-likeness (QED) is 0.494. The largest absolute Gasteiger partial charge is 0.450 e. The van der Waals surface area contributed by atoms with E-state index in [4.69, 9.17) is 21.3 Å². The maximum Gasteiger partial charge on any atom is 0.409 e. The molecule has 2 heterocycles. The number of benzene rings is 1. The number of hydrogen-bond acceptors (Lipinski definition) is 3. The number of aromatic nitrogens is 1. The highest BCUT2D eigenvalue weighted by Gasteiger charge is 2.24. The lowest BCUT2D eigenvalue weighted by Gasteiger charge is -2.32. The van der Waals surface area contributed by atoms with Gasteiger partial charge < -0.3 is 25.3 Å². The van der Waals surface area contributed by atoms with Crippen LogP contribution in [-0.4, -0.2) is 60.8 Å². The molecule has 1 aromatic carbocycles.